The Balaban J connectivity index is 1.31. The summed E-state index contributed by atoms with van der Waals surface area (Å²) < 4.78 is 0. The molecule has 0 N–H and O–H groups in total. The molecule has 2 nitrogen and oxygen atoms in total. The van der Waals surface area contributed by atoms with E-state index in [1.54, 1.807) is 0 Å². The molecule has 0 unspecified atom stereocenters. The number of anilines is 6. The molecule has 302 valence electrons. The average molecular weight is 801 g/mol. The van der Waals surface area contributed by atoms with E-state index in [2.05, 4.69) is 245 Å². The van der Waals surface area contributed by atoms with Crippen LogP contribution in [-0.2, 0) is 0 Å². The predicted molar refractivity (Wildman–Crippen MR) is 268 cm³/mol. The molecule has 0 heterocycles. The largest absolute Gasteiger partial charge is 0.310 e. The second kappa shape index (κ2) is 16.0. The summed E-state index contributed by atoms with van der Waals surface area (Å²) >= 11 is 0. The Kier molecular flexibility index (Phi) is 10.1. The van der Waals surface area contributed by atoms with Crippen LogP contribution in [-0.4, -0.2) is 0 Å². The normalized spacial score (nSPS) is 11.7. The summed E-state index contributed by atoms with van der Waals surface area (Å²) in [4.78, 5) is 5.02. The van der Waals surface area contributed by atoms with Gasteiger partial charge in [0.15, 0.2) is 0 Å². The number of hydrogen-bond acceptors (Lipinski definition) is 2. The minimum Gasteiger partial charge on any atom is -0.310 e. The molecule has 0 aliphatic carbocycles. The summed E-state index contributed by atoms with van der Waals surface area (Å²) in [6.45, 7) is 13.9. The summed E-state index contributed by atoms with van der Waals surface area (Å²) in [6, 6.07) is 71.6. The third-order valence-electron chi connectivity index (χ3n) is 12.9. The van der Waals surface area contributed by atoms with Crippen molar-refractivity contribution in [3.8, 4) is 22.3 Å². The molecule has 0 fully saturated rings. The maximum atomic E-state index is 2.51. The van der Waals surface area contributed by atoms with E-state index in [0.717, 1.165) is 11.4 Å². The van der Waals surface area contributed by atoms with Crippen LogP contribution in [0.4, 0.5) is 34.1 Å². The van der Waals surface area contributed by atoms with Crippen LogP contribution < -0.4 is 9.80 Å². The fourth-order valence-electron chi connectivity index (χ4n) is 9.90. The Hall–Kier alpha value is -7.16. The van der Waals surface area contributed by atoms with Crippen LogP contribution in [0.2, 0.25) is 0 Å². The summed E-state index contributed by atoms with van der Waals surface area (Å²) in [5, 5.41) is 7.78. The van der Waals surface area contributed by atoms with Crippen LogP contribution in [0.3, 0.4) is 0 Å². The number of rotatable bonds is 10. The van der Waals surface area contributed by atoms with E-state index in [4.69, 9.17) is 0 Å². The molecule has 10 aromatic rings. The lowest BCUT2D eigenvalue weighted by molar-refractivity contribution is 0.875. The van der Waals surface area contributed by atoms with Gasteiger partial charge in [-0.2, -0.15) is 0 Å². The Labute approximate surface area is 366 Å². The van der Waals surface area contributed by atoms with Crippen molar-refractivity contribution in [2.45, 2.75) is 53.4 Å². The summed E-state index contributed by atoms with van der Waals surface area (Å²) in [6.07, 6.45) is 0. The van der Waals surface area contributed by atoms with Gasteiger partial charge >= 0.3 is 0 Å². The van der Waals surface area contributed by atoms with Crippen molar-refractivity contribution in [3.63, 3.8) is 0 Å². The van der Waals surface area contributed by atoms with Gasteiger partial charge in [-0.05, 0) is 140 Å². The molecule has 0 atom stereocenters. The van der Waals surface area contributed by atoms with E-state index in [0.29, 0.717) is 11.8 Å². The molecule has 62 heavy (non-hydrogen) atoms. The molecule has 0 amide bonds. The molecular weight excluding hydrogens is 749 g/mol. The lowest BCUT2D eigenvalue weighted by atomic mass is 9.84. The van der Waals surface area contributed by atoms with Crippen molar-refractivity contribution in [3.05, 3.63) is 216 Å². The van der Waals surface area contributed by atoms with Gasteiger partial charge in [0.25, 0.3) is 0 Å². The first-order valence-corrected chi connectivity index (χ1v) is 22.1. The molecule has 0 spiro atoms. The third kappa shape index (κ3) is 6.59. The first-order valence-electron chi connectivity index (χ1n) is 22.1. The van der Waals surface area contributed by atoms with Crippen molar-refractivity contribution >= 4 is 66.4 Å². The quantitative estimate of drug-likeness (QED) is 0.127. The monoisotopic (exact) mass is 800 g/mol. The summed E-state index contributed by atoms with van der Waals surface area (Å²) in [5.41, 5.74) is 17.1. The molecule has 0 aliphatic heterocycles. The van der Waals surface area contributed by atoms with Crippen molar-refractivity contribution in [1.29, 1.82) is 0 Å². The van der Waals surface area contributed by atoms with Crippen molar-refractivity contribution in [1.82, 2.24) is 0 Å². The molecule has 0 radical (unpaired) electrons. The van der Waals surface area contributed by atoms with Crippen LogP contribution in [0.1, 0.15) is 61.8 Å². The van der Waals surface area contributed by atoms with Gasteiger partial charge in [0.1, 0.15) is 0 Å². The van der Waals surface area contributed by atoms with Gasteiger partial charge in [-0.1, -0.05) is 173 Å². The Morgan fingerprint density at radius 1 is 0.323 bits per heavy atom. The fraction of sp³-hybridized carbons (Fsp3) is 0.133. The van der Waals surface area contributed by atoms with Gasteiger partial charge in [-0.25, -0.2) is 0 Å². The topological polar surface area (TPSA) is 6.48 Å². The summed E-state index contributed by atoms with van der Waals surface area (Å²) in [5.74, 6) is 0.585. The van der Waals surface area contributed by atoms with Crippen molar-refractivity contribution < 1.29 is 0 Å². The minimum absolute atomic E-state index is 0.293. The molecule has 2 heteroatoms. The number of benzene rings is 10. The maximum absolute atomic E-state index is 2.51. The smallest absolute Gasteiger partial charge is 0.0543 e. The van der Waals surface area contributed by atoms with Gasteiger partial charge in [0, 0.05) is 33.5 Å². The minimum atomic E-state index is 0.293. The highest BCUT2D eigenvalue weighted by Crippen LogP contribution is 2.52. The maximum Gasteiger partial charge on any atom is 0.0543 e. The first kappa shape index (κ1) is 39.0. The molecule has 0 aliphatic rings. The molecular formula is C60H52N2. The van der Waals surface area contributed by atoms with Gasteiger partial charge < -0.3 is 9.80 Å². The zero-order valence-electron chi connectivity index (χ0n) is 36.5. The average Bonchev–Trinajstić information content (AvgIpc) is 3.31. The standard InChI is InChI=1S/C60H52N2/c1-39(2)53-37-57(61(45-25-15-9-16-26-45)55-31-19-29-47(41(55)5)43-21-11-7-12-22-43)51-36-34-50-54(40(3)4)38-58(52-35-33-49(53)59(51)60(50)52)62(46-27-17-10-18-28-46)56-32-20-30-48(42(56)6)44-23-13-8-14-24-44/h7-40H,1-6H3. The lowest BCUT2D eigenvalue weighted by Gasteiger charge is -2.33. The van der Waals surface area contributed by atoms with E-state index < -0.39 is 0 Å². The third-order valence-corrected chi connectivity index (χ3v) is 12.9. The second-order valence-corrected chi connectivity index (χ2v) is 17.3. The molecule has 10 aromatic carbocycles. The van der Waals surface area contributed by atoms with E-state index >= 15 is 0 Å². The van der Waals surface area contributed by atoms with Crippen LogP contribution in [0.15, 0.2) is 194 Å². The Morgan fingerprint density at radius 3 is 1.02 bits per heavy atom. The van der Waals surface area contributed by atoms with Crippen molar-refractivity contribution in [2.75, 3.05) is 9.80 Å². The molecule has 0 aromatic heterocycles. The van der Waals surface area contributed by atoms with Crippen LogP contribution in [0.5, 0.6) is 0 Å². The highest BCUT2D eigenvalue weighted by Gasteiger charge is 2.27. The Bertz CT molecular complexity index is 2970. The molecule has 0 bridgehead atoms. The number of hydrogen-bond donors (Lipinski definition) is 0. The molecule has 0 saturated carbocycles. The van der Waals surface area contributed by atoms with Crippen LogP contribution >= 0.6 is 0 Å². The van der Waals surface area contributed by atoms with Gasteiger partial charge in [0.2, 0.25) is 0 Å². The van der Waals surface area contributed by atoms with E-state index in [1.165, 1.54) is 99.6 Å². The number of nitrogens with zero attached hydrogens (tertiary/aromatic N) is 2. The highest BCUT2D eigenvalue weighted by atomic mass is 15.2. The summed E-state index contributed by atoms with van der Waals surface area (Å²) in [7, 11) is 0. The SMILES string of the molecule is Cc1c(-c2ccccc2)cccc1N(c1ccccc1)c1cc(C(C)C)c2ccc3c(N(c4ccccc4)c4cccc(-c5ccccc5)c4C)cc(C(C)C)c4ccc1c2c43. The predicted octanol–water partition coefficient (Wildman–Crippen LogP) is 17.7. The highest BCUT2D eigenvalue weighted by molar-refractivity contribution is 6.29. The number of para-hydroxylation sites is 2. The zero-order chi connectivity index (χ0) is 42.5. The lowest BCUT2D eigenvalue weighted by Crippen LogP contribution is -2.14. The van der Waals surface area contributed by atoms with Crippen molar-refractivity contribution in [2.24, 2.45) is 0 Å². The fourth-order valence-corrected chi connectivity index (χ4v) is 9.90. The first-order chi connectivity index (χ1) is 30.3. The zero-order valence-corrected chi connectivity index (χ0v) is 36.5. The van der Waals surface area contributed by atoms with Gasteiger partial charge in [-0.3, -0.25) is 0 Å². The van der Waals surface area contributed by atoms with Gasteiger partial charge in [0.05, 0.1) is 11.4 Å². The van der Waals surface area contributed by atoms with Crippen LogP contribution in [0.25, 0.3) is 54.6 Å². The Morgan fingerprint density at radius 2 is 0.661 bits per heavy atom. The van der Waals surface area contributed by atoms with E-state index in [1.807, 2.05) is 0 Å². The van der Waals surface area contributed by atoms with Gasteiger partial charge in [-0.15, -0.1) is 0 Å². The van der Waals surface area contributed by atoms with Crippen LogP contribution in [0, 0.1) is 13.8 Å². The second-order valence-electron chi connectivity index (χ2n) is 17.3. The molecule has 0 saturated heterocycles. The molecule has 10 rings (SSSR count). The van der Waals surface area contributed by atoms with E-state index in [9.17, 15) is 0 Å². The van der Waals surface area contributed by atoms with E-state index in [-0.39, 0.29) is 0 Å².